The minimum Gasteiger partial charge on any atom is -0.507 e. The predicted octanol–water partition coefficient (Wildman–Crippen LogP) is 4.23. The molecule has 3 rings (SSSR count). The Kier molecular flexibility index (Phi) is 7.99. The van der Waals surface area contributed by atoms with E-state index in [2.05, 4.69) is 18.7 Å². The van der Waals surface area contributed by atoms with Crippen molar-refractivity contribution < 1.29 is 24.2 Å². The van der Waals surface area contributed by atoms with E-state index < -0.39 is 17.7 Å². The molecule has 0 spiro atoms. The number of nitrogens with zero attached hydrogens (tertiary/aromatic N) is 2. The number of carbonyl (C=O) groups excluding carboxylic acids is 2. The zero-order valence-corrected chi connectivity index (χ0v) is 20.8. The Morgan fingerprint density at radius 2 is 1.68 bits per heavy atom. The highest BCUT2D eigenvalue weighted by atomic mass is 16.5. The highest BCUT2D eigenvalue weighted by Crippen LogP contribution is 2.40. The fraction of sp³-hybridized carbons (Fsp3) is 0.407. The van der Waals surface area contributed by atoms with Gasteiger partial charge in [0, 0.05) is 38.0 Å². The summed E-state index contributed by atoms with van der Waals surface area (Å²) in [5.74, 6) is -0.823. The van der Waals surface area contributed by atoms with E-state index in [0.717, 1.165) is 35.5 Å². The fourth-order valence-electron chi connectivity index (χ4n) is 4.51. The zero-order chi connectivity index (χ0) is 25.0. The van der Waals surface area contributed by atoms with Gasteiger partial charge in [-0.05, 0) is 68.7 Å². The maximum absolute atomic E-state index is 13.2. The normalized spacial score (nSPS) is 17.4. The Hall–Kier alpha value is -3.32. The van der Waals surface area contributed by atoms with Gasteiger partial charge < -0.3 is 24.4 Å². The molecule has 1 heterocycles. The lowest BCUT2D eigenvalue weighted by atomic mass is 9.93. The third-order valence-electron chi connectivity index (χ3n) is 6.41. The number of Topliss-reactive ketones (excluding diaryl/α,β-unsaturated/α-hetero) is 1. The lowest BCUT2D eigenvalue weighted by molar-refractivity contribution is -0.140. The third-order valence-corrected chi connectivity index (χ3v) is 6.41. The lowest BCUT2D eigenvalue weighted by Crippen LogP contribution is -2.32. The molecule has 1 amide bonds. The Morgan fingerprint density at radius 3 is 2.24 bits per heavy atom. The van der Waals surface area contributed by atoms with E-state index in [1.807, 2.05) is 44.2 Å². The maximum atomic E-state index is 13.2. The molecule has 0 aliphatic carbocycles. The first-order valence-corrected chi connectivity index (χ1v) is 11.6. The van der Waals surface area contributed by atoms with E-state index in [1.165, 1.54) is 4.90 Å². The van der Waals surface area contributed by atoms with Gasteiger partial charge in [0.05, 0.1) is 25.3 Å². The van der Waals surface area contributed by atoms with E-state index in [9.17, 15) is 14.7 Å². The van der Waals surface area contributed by atoms with Crippen molar-refractivity contribution >= 4 is 23.1 Å². The van der Waals surface area contributed by atoms with Crippen molar-refractivity contribution in [3.63, 3.8) is 0 Å². The number of likely N-dealkylation sites (tertiary alicyclic amines) is 1. The smallest absolute Gasteiger partial charge is 0.295 e. The van der Waals surface area contributed by atoms with Gasteiger partial charge >= 0.3 is 0 Å². The van der Waals surface area contributed by atoms with Gasteiger partial charge in [-0.2, -0.15) is 0 Å². The number of carbonyl (C=O) groups is 2. The topological polar surface area (TPSA) is 79.3 Å². The summed E-state index contributed by atoms with van der Waals surface area (Å²) in [6.45, 7) is 10.2. The maximum Gasteiger partial charge on any atom is 0.295 e. The van der Waals surface area contributed by atoms with E-state index in [0.29, 0.717) is 11.3 Å². The van der Waals surface area contributed by atoms with E-state index in [4.69, 9.17) is 9.47 Å². The summed E-state index contributed by atoms with van der Waals surface area (Å²) < 4.78 is 10.6. The van der Waals surface area contributed by atoms with Crippen LogP contribution in [0.5, 0.6) is 5.75 Å². The quantitative estimate of drug-likeness (QED) is 0.339. The van der Waals surface area contributed by atoms with Gasteiger partial charge in [0.15, 0.2) is 0 Å². The first kappa shape index (κ1) is 25.3. The van der Waals surface area contributed by atoms with Crippen LogP contribution in [0.15, 0.2) is 42.0 Å². The highest BCUT2D eigenvalue weighted by molar-refractivity contribution is 6.46. The van der Waals surface area contributed by atoms with Crippen LogP contribution in [0.1, 0.15) is 42.1 Å². The summed E-state index contributed by atoms with van der Waals surface area (Å²) in [6.07, 6.45) is 0. The second kappa shape index (κ2) is 10.7. The number of methoxy groups -OCH3 is 2. The number of aliphatic hydroxyl groups is 1. The highest BCUT2D eigenvalue weighted by Gasteiger charge is 2.46. The van der Waals surface area contributed by atoms with E-state index >= 15 is 0 Å². The Labute approximate surface area is 201 Å². The Balaban J connectivity index is 2.17. The molecule has 7 nitrogen and oxygen atoms in total. The molecule has 0 bridgehead atoms. The van der Waals surface area contributed by atoms with Crippen LogP contribution >= 0.6 is 0 Å². The van der Waals surface area contributed by atoms with Crippen molar-refractivity contribution in [3.8, 4) is 5.75 Å². The first-order chi connectivity index (χ1) is 16.3. The average molecular weight is 467 g/mol. The summed E-state index contributed by atoms with van der Waals surface area (Å²) >= 11 is 0. The molecule has 7 heteroatoms. The molecule has 1 aliphatic heterocycles. The summed E-state index contributed by atoms with van der Waals surface area (Å²) in [7, 11) is 3.14. The van der Waals surface area contributed by atoms with Crippen molar-refractivity contribution in [2.45, 2.75) is 33.7 Å². The Morgan fingerprint density at radius 1 is 1.03 bits per heavy atom. The third kappa shape index (κ3) is 4.66. The molecule has 2 aromatic rings. The molecule has 34 heavy (non-hydrogen) atoms. The van der Waals surface area contributed by atoms with Crippen molar-refractivity contribution in [3.05, 3.63) is 64.2 Å². The minimum absolute atomic E-state index is 0.0874. The van der Waals surface area contributed by atoms with Gasteiger partial charge in [0.2, 0.25) is 0 Å². The molecule has 0 saturated carbocycles. The molecular formula is C27H34N2O5. The van der Waals surface area contributed by atoms with Crippen molar-refractivity contribution in [2.24, 2.45) is 0 Å². The molecule has 1 unspecified atom stereocenters. The standard InChI is InChI=1S/C27H34N2O5/c1-7-28(8-2)20-11-9-19(10-12-20)24-23(26(31)27(32)29(24)13-14-33-5)25(30)21-15-18(4)22(34-6)16-17(21)3/h9-12,15-16,24,30H,7-8,13-14H2,1-6H3/b25-23+. The van der Waals surface area contributed by atoms with Crippen LogP contribution < -0.4 is 9.64 Å². The molecule has 1 N–H and O–H groups in total. The molecule has 0 aromatic heterocycles. The average Bonchev–Trinajstić information content (AvgIpc) is 3.09. The zero-order valence-electron chi connectivity index (χ0n) is 20.8. The monoisotopic (exact) mass is 466 g/mol. The molecule has 2 aromatic carbocycles. The second-order valence-corrected chi connectivity index (χ2v) is 8.39. The number of ether oxygens (including phenoxy) is 2. The predicted molar refractivity (Wildman–Crippen MR) is 133 cm³/mol. The minimum atomic E-state index is -0.706. The number of aliphatic hydroxyl groups excluding tert-OH is 1. The number of benzene rings is 2. The lowest BCUT2D eigenvalue weighted by Gasteiger charge is -2.26. The van der Waals surface area contributed by atoms with E-state index in [1.54, 1.807) is 20.3 Å². The molecular weight excluding hydrogens is 432 g/mol. The van der Waals surface area contributed by atoms with Gasteiger partial charge in [-0.3, -0.25) is 9.59 Å². The summed E-state index contributed by atoms with van der Waals surface area (Å²) in [6, 6.07) is 10.7. The number of rotatable bonds is 9. The molecule has 182 valence electrons. The summed E-state index contributed by atoms with van der Waals surface area (Å²) in [5.41, 5.74) is 3.99. The van der Waals surface area contributed by atoms with Crippen LogP contribution in [0.4, 0.5) is 5.69 Å². The van der Waals surface area contributed by atoms with Crippen LogP contribution in [0, 0.1) is 13.8 Å². The Bertz CT molecular complexity index is 1090. The molecule has 1 atom stereocenters. The molecule has 1 saturated heterocycles. The van der Waals surface area contributed by atoms with Crippen LogP contribution in [-0.2, 0) is 14.3 Å². The van der Waals surface area contributed by atoms with Crippen LogP contribution in [0.2, 0.25) is 0 Å². The van der Waals surface area contributed by atoms with E-state index in [-0.39, 0.29) is 24.5 Å². The first-order valence-electron chi connectivity index (χ1n) is 11.6. The molecule has 0 radical (unpaired) electrons. The number of hydrogen-bond donors (Lipinski definition) is 1. The molecule has 1 aliphatic rings. The van der Waals surface area contributed by atoms with Crippen molar-refractivity contribution in [1.82, 2.24) is 4.90 Å². The van der Waals surface area contributed by atoms with Gasteiger partial charge in [-0.15, -0.1) is 0 Å². The van der Waals surface area contributed by atoms with Gasteiger partial charge in [0.1, 0.15) is 11.5 Å². The van der Waals surface area contributed by atoms with Crippen LogP contribution in [0.25, 0.3) is 5.76 Å². The summed E-state index contributed by atoms with van der Waals surface area (Å²) in [5, 5.41) is 11.4. The van der Waals surface area contributed by atoms with Crippen molar-refractivity contribution in [2.75, 3.05) is 45.4 Å². The number of aryl methyl sites for hydroxylation is 2. The van der Waals surface area contributed by atoms with Gasteiger partial charge in [-0.1, -0.05) is 12.1 Å². The van der Waals surface area contributed by atoms with Crippen molar-refractivity contribution in [1.29, 1.82) is 0 Å². The van der Waals surface area contributed by atoms with Gasteiger partial charge in [-0.25, -0.2) is 0 Å². The van der Waals surface area contributed by atoms with Crippen LogP contribution in [0.3, 0.4) is 0 Å². The molecule has 1 fully saturated rings. The number of amides is 1. The number of anilines is 1. The second-order valence-electron chi connectivity index (χ2n) is 8.39. The fourth-order valence-corrected chi connectivity index (χ4v) is 4.51. The number of hydrogen-bond acceptors (Lipinski definition) is 6. The van der Waals surface area contributed by atoms with Crippen LogP contribution in [-0.4, -0.2) is 62.2 Å². The SMILES string of the molecule is CCN(CC)c1ccc(C2/C(=C(\O)c3cc(C)c(OC)cc3C)C(=O)C(=O)N2CCOC)cc1. The largest absolute Gasteiger partial charge is 0.507 e. The summed E-state index contributed by atoms with van der Waals surface area (Å²) in [4.78, 5) is 29.9. The number of ketones is 1. The van der Waals surface area contributed by atoms with Gasteiger partial charge in [0.25, 0.3) is 11.7 Å².